The number of benzene rings is 2. The molecule has 0 bridgehead atoms. The summed E-state index contributed by atoms with van der Waals surface area (Å²) < 4.78 is 37.5. The highest BCUT2D eigenvalue weighted by molar-refractivity contribution is 7.92. The van der Waals surface area contributed by atoms with Crippen LogP contribution in [0.2, 0.25) is 10.0 Å². The zero-order chi connectivity index (χ0) is 29.3. The standard InChI is InChI=1S/C31H36Cl2N4O4S/c32-28-12-11-27(19-29(28)33)42(39,40)37-26(8-7-23-5-1-2-6-30(23)37)21-41-22-31(38)35-17-18-36-24(9-10-25(36)20-35)13-16-34-14-3-4-15-34/h1-2,5-6,9-12,19,26H,3-4,7-8,13-18,20-22H2. The lowest BCUT2D eigenvalue weighted by atomic mass is 9.98. The maximum atomic E-state index is 13.9. The minimum Gasteiger partial charge on any atom is -0.369 e. The number of halogens is 2. The lowest BCUT2D eigenvalue weighted by molar-refractivity contribution is -0.137. The molecule has 1 unspecified atom stereocenters. The first-order valence-corrected chi connectivity index (χ1v) is 16.8. The number of sulfonamides is 1. The third-order valence-electron chi connectivity index (χ3n) is 8.63. The van der Waals surface area contributed by atoms with Crippen molar-refractivity contribution >= 4 is 44.8 Å². The van der Waals surface area contributed by atoms with Crippen molar-refractivity contribution in [2.45, 2.75) is 56.1 Å². The van der Waals surface area contributed by atoms with Gasteiger partial charge in [0.15, 0.2) is 0 Å². The molecule has 1 atom stereocenters. The number of rotatable bonds is 9. The Kier molecular flexibility index (Phi) is 8.84. The van der Waals surface area contributed by atoms with Crippen LogP contribution in [0.1, 0.15) is 36.2 Å². The van der Waals surface area contributed by atoms with Gasteiger partial charge < -0.3 is 19.1 Å². The number of aryl methyl sites for hydroxylation is 1. The van der Waals surface area contributed by atoms with Crippen LogP contribution >= 0.6 is 23.2 Å². The molecule has 0 saturated carbocycles. The topological polar surface area (TPSA) is 75.1 Å². The highest BCUT2D eigenvalue weighted by Crippen LogP contribution is 2.37. The van der Waals surface area contributed by atoms with E-state index in [0.29, 0.717) is 25.2 Å². The molecular weight excluding hydrogens is 595 g/mol. The van der Waals surface area contributed by atoms with Crippen molar-refractivity contribution in [1.82, 2.24) is 14.4 Å². The van der Waals surface area contributed by atoms with E-state index in [2.05, 4.69) is 21.6 Å². The first-order chi connectivity index (χ1) is 20.3. The maximum absolute atomic E-state index is 13.9. The van der Waals surface area contributed by atoms with Gasteiger partial charge in [0, 0.05) is 37.4 Å². The van der Waals surface area contributed by atoms with Crippen molar-refractivity contribution in [1.29, 1.82) is 0 Å². The molecule has 8 nitrogen and oxygen atoms in total. The highest BCUT2D eigenvalue weighted by Gasteiger charge is 2.36. The van der Waals surface area contributed by atoms with Gasteiger partial charge in [0.25, 0.3) is 10.0 Å². The number of anilines is 1. The molecule has 0 spiro atoms. The Morgan fingerprint density at radius 2 is 1.76 bits per heavy atom. The largest absolute Gasteiger partial charge is 0.369 e. The summed E-state index contributed by atoms with van der Waals surface area (Å²) in [7, 11) is -3.97. The SMILES string of the molecule is O=C(COCC1CCc2ccccc2N1S(=O)(=O)c1ccc(Cl)c(Cl)c1)N1CCn2c(CCN3CCCC3)ccc2C1. The fraction of sp³-hybridized carbons (Fsp3) is 0.452. The molecule has 0 aliphatic carbocycles. The van der Waals surface area contributed by atoms with E-state index in [4.69, 9.17) is 27.9 Å². The van der Waals surface area contributed by atoms with Gasteiger partial charge in [-0.2, -0.15) is 0 Å². The summed E-state index contributed by atoms with van der Waals surface area (Å²) in [6.07, 6.45) is 4.91. The third-order valence-corrected chi connectivity index (χ3v) is 11.2. The van der Waals surface area contributed by atoms with Gasteiger partial charge in [0.05, 0.1) is 39.8 Å². The van der Waals surface area contributed by atoms with Crippen molar-refractivity contribution in [3.63, 3.8) is 0 Å². The fourth-order valence-corrected chi connectivity index (χ4v) is 8.45. The minimum absolute atomic E-state index is 0.0609. The first kappa shape index (κ1) is 29.5. The summed E-state index contributed by atoms with van der Waals surface area (Å²) in [6, 6.07) is 15.7. The van der Waals surface area contributed by atoms with Crippen molar-refractivity contribution in [3.05, 3.63) is 81.6 Å². The Labute approximate surface area is 257 Å². The molecule has 3 aromatic rings. The number of amides is 1. The van der Waals surface area contributed by atoms with Crippen molar-refractivity contribution < 1.29 is 17.9 Å². The molecule has 3 aliphatic rings. The predicted molar refractivity (Wildman–Crippen MR) is 165 cm³/mol. The van der Waals surface area contributed by atoms with Gasteiger partial charge in [0.2, 0.25) is 5.91 Å². The average molecular weight is 632 g/mol. The van der Waals surface area contributed by atoms with Crippen LogP contribution < -0.4 is 4.31 Å². The molecule has 4 heterocycles. The van der Waals surface area contributed by atoms with E-state index in [1.165, 1.54) is 54.1 Å². The summed E-state index contributed by atoms with van der Waals surface area (Å²) >= 11 is 12.2. The van der Waals surface area contributed by atoms with Crippen LogP contribution in [0, 0.1) is 0 Å². The number of para-hydroxylation sites is 1. The molecule has 2 aromatic carbocycles. The molecule has 6 rings (SSSR count). The molecule has 11 heteroatoms. The Morgan fingerprint density at radius 3 is 2.57 bits per heavy atom. The Hall–Kier alpha value is -2.56. The average Bonchev–Trinajstić information content (AvgIpc) is 3.66. The van der Waals surface area contributed by atoms with Gasteiger partial charge in [0.1, 0.15) is 6.61 Å². The second kappa shape index (κ2) is 12.6. The fourth-order valence-electron chi connectivity index (χ4n) is 6.36. The summed E-state index contributed by atoms with van der Waals surface area (Å²) in [5.41, 5.74) is 4.05. The van der Waals surface area contributed by atoms with E-state index in [1.807, 2.05) is 29.2 Å². The summed E-state index contributed by atoms with van der Waals surface area (Å²) in [4.78, 5) is 17.6. The zero-order valence-corrected chi connectivity index (χ0v) is 25.9. The Morgan fingerprint density at radius 1 is 0.952 bits per heavy atom. The number of carbonyl (C=O) groups excluding carboxylic acids is 1. The lowest BCUT2D eigenvalue weighted by Crippen LogP contribution is -2.47. The molecule has 0 radical (unpaired) electrons. The second-order valence-electron chi connectivity index (χ2n) is 11.3. The lowest BCUT2D eigenvalue weighted by Gasteiger charge is -2.38. The van der Waals surface area contributed by atoms with Gasteiger partial charge >= 0.3 is 0 Å². The number of likely N-dealkylation sites (tertiary alicyclic amines) is 1. The number of ether oxygens (including phenoxy) is 1. The zero-order valence-electron chi connectivity index (χ0n) is 23.6. The number of fused-ring (bicyclic) bond motifs is 2. The van der Waals surface area contributed by atoms with Crippen molar-refractivity contribution in [2.24, 2.45) is 0 Å². The van der Waals surface area contributed by atoms with Crippen LogP contribution in [0.25, 0.3) is 0 Å². The quantitative estimate of drug-likeness (QED) is 0.333. The van der Waals surface area contributed by atoms with Gasteiger partial charge in [-0.15, -0.1) is 0 Å². The Bertz CT molecular complexity index is 1550. The molecule has 1 aromatic heterocycles. The number of nitrogens with zero attached hydrogens (tertiary/aromatic N) is 4. The third kappa shape index (κ3) is 6.08. The summed E-state index contributed by atoms with van der Waals surface area (Å²) in [6.45, 7) is 5.45. The number of carbonyl (C=O) groups is 1. The minimum atomic E-state index is -3.97. The molecule has 3 aliphatic heterocycles. The van der Waals surface area contributed by atoms with E-state index >= 15 is 0 Å². The van der Waals surface area contributed by atoms with Gasteiger partial charge in [-0.3, -0.25) is 9.10 Å². The molecule has 42 heavy (non-hydrogen) atoms. The number of aromatic nitrogens is 1. The number of hydrogen-bond donors (Lipinski definition) is 0. The summed E-state index contributed by atoms with van der Waals surface area (Å²) in [5.74, 6) is -0.0869. The molecular formula is C31H36Cl2N4O4S. The van der Waals surface area contributed by atoms with E-state index in [0.717, 1.165) is 37.2 Å². The van der Waals surface area contributed by atoms with E-state index in [9.17, 15) is 13.2 Å². The first-order valence-electron chi connectivity index (χ1n) is 14.6. The van der Waals surface area contributed by atoms with Crippen molar-refractivity contribution in [2.75, 3.05) is 43.7 Å². The molecule has 1 saturated heterocycles. The van der Waals surface area contributed by atoms with Crippen LogP contribution in [-0.2, 0) is 45.5 Å². The van der Waals surface area contributed by atoms with Gasteiger partial charge in [-0.25, -0.2) is 8.42 Å². The maximum Gasteiger partial charge on any atom is 0.264 e. The van der Waals surface area contributed by atoms with Gasteiger partial charge in [-0.05, 0) is 80.7 Å². The summed E-state index contributed by atoms with van der Waals surface area (Å²) in [5, 5.41) is 0.462. The molecule has 1 fully saturated rings. The van der Waals surface area contributed by atoms with E-state index in [1.54, 1.807) is 0 Å². The van der Waals surface area contributed by atoms with Crippen LogP contribution in [0.15, 0.2) is 59.5 Å². The predicted octanol–water partition coefficient (Wildman–Crippen LogP) is 5.00. The normalized spacial score (nSPS) is 19.1. The molecule has 0 N–H and O–H groups in total. The highest BCUT2D eigenvalue weighted by atomic mass is 35.5. The number of hydrogen-bond acceptors (Lipinski definition) is 5. The van der Waals surface area contributed by atoms with Crippen LogP contribution in [-0.4, -0.2) is 74.1 Å². The smallest absolute Gasteiger partial charge is 0.264 e. The van der Waals surface area contributed by atoms with Crippen LogP contribution in [0.4, 0.5) is 5.69 Å². The second-order valence-corrected chi connectivity index (χ2v) is 13.9. The van der Waals surface area contributed by atoms with E-state index in [-0.39, 0.29) is 34.1 Å². The van der Waals surface area contributed by atoms with Crippen molar-refractivity contribution in [3.8, 4) is 0 Å². The van der Waals surface area contributed by atoms with E-state index < -0.39 is 16.1 Å². The van der Waals surface area contributed by atoms with Gasteiger partial charge in [-0.1, -0.05) is 41.4 Å². The molecule has 1 amide bonds. The monoisotopic (exact) mass is 630 g/mol. The Balaban J connectivity index is 1.09. The van der Waals surface area contributed by atoms with Crippen LogP contribution in [0.3, 0.4) is 0 Å². The molecule has 224 valence electrons. The van der Waals surface area contributed by atoms with Crippen LogP contribution in [0.5, 0.6) is 0 Å².